The highest BCUT2D eigenvalue weighted by atomic mass is 15.2. The van der Waals surface area contributed by atoms with Crippen LogP contribution in [-0.2, 0) is 19.4 Å². The highest BCUT2D eigenvalue weighted by Crippen LogP contribution is 2.29. The second-order valence-corrected chi connectivity index (χ2v) is 5.94. The topological polar surface area (TPSA) is 42.2 Å². The zero-order valence-corrected chi connectivity index (χ0v) is 13.3. The Labute approximate surface area is 123 Å². The van der Waals surface area contributed by atoms with Crippen LogP contribution in [-0.4, -0.2) is 17.6 Å². The van der Waals surface area contributed by atoms with E-state index in [0.29, 0.717) is 12.6 Å². The van der Waals surface area contributed by atoms with Crippen molar-refractivity contribution in [2.75, 3.05) is 11.4 Å². The fraction of sp³-hybridized carbons (Fsp3) is 0.706. The number of anilines is 1. The molecule has 1 atom stereocenters. The number of unbranched alkanes of at least 4 members (excludes halogenated alkanes) is 1. The number of pyridine rings is 1. The molecule has 1 heterocycles. The van der Waals surface area contributed by atoms with Crippen molar-refractivity contribution in [1.82, 2.24) is 4.98 Å². The minimum Gasteiger partial charge on any atom is -0.354 e. The smallest absolute Gasteiger partial charge is 0.133 e. The first-order chi connectivity index (χ1) is 9.71. The molecular formula is C17H29N3. The predicted molar refractivity (Wildman–Crippen MR) is 86.2 cm³/mol. The van der Waals surface area contributed by atoms with Crippen LogP contribution in [0.5, 0.6) is 0 Å². The average molecular weight is 275 g/mol. The van der Waals surface area contributed by atoms with E-state index in [0.717, 1.165) is 25.2 Å². The third-order valence-electron chi connectivity index (χ3n) is 4.47. The van der Waals surface area contributed by atoms with Gasteiger partial charge in [0.05, 0.1) is 0 Å². The van der Waals surface area contributed by atoms with Crippen LogP contribution in [0.1, 0.15) is 63.3 Å². The highest BCUT2D eigenvalue weighted by Gasteiger charge is 2.21. The Kier molecular flexibility index (Phi) is 5.41. The van der Waals surface area contributed by atoms with Gasteiger partial charge >= 0.3 is 0 Å². The molecule has 0 saturated carbocycles. The molecule has 0 radical (unpaired) electrons. The molecule has 1 unspecified atom stereocenters. The van der Waals surface area contributed by atoms with Crippen molar-refractivity contribution in [2.45, 2.75) is 71.9 Å². The molecule has 0 aliphatic heterocycles. The van der Waals surface area contributed by atoms with Crippen molar-refractivity contribution in [3.8, 4) is 0 Å². The van der Waals surface area contributed by atoms with Gasteiger partial charge in [0.15, 0.2) is 0 Å². The lowest BCUT2D eigenvalue weighted by atomic mass is 10.1. The van der Waals surface area contributed by atoms with E-state index in [-0.39, 0.29) is 0 Å². The van der Waals surface area contributed by atoms with Gasteiger partial charge in [-0.1, -0.05) is 20.3 Å². The molecule has 0 aromatic carbocycles. The van der Waals surface area contributed by atoms with Gasteiger partial charge in [-0.2, -0.15) is 0 Å². The number of hydrogen-bond donors (Lipinski definition) is 1. The van der Waals surface area contributed by atoms with E-state index in [1.807, 2.05) is 0 Å². The molecule has 0 bridgehead atoms. The van der Waals surface area contributed by atoms with Crippen LogP contribution in [0.4, 0.5) is 5.82 Å². The molecule has 2 rings (SSSR count). The first-order valence-electron chi connectivity index (χ1n) is 8.19. The average Bonchev–Trinajstić information content (AvgIpc) is 2.93. The van der Waals surface area contributed by atoms with Crippen molar-refractivity contribution < 1.29 is 0 Å². The van der Waals surface area contributed by atoms with Gasteiger partial charge in [-0.25, -0.2) is 4.98 Å². The molecule has 20 heavy (non-hydrogen) atoms. The minimum absolute atomic E-state index is 0.527. The fourth-order valence-corrected chi connectivity index (χ4v) is 2.99. The van der Waals surface area contributed by atoms with Gasteiger partial charge in [-0.15, -0.1) is 0 Å². The Hall–Kier alpha value is -1.09. The van der Waals surface area contributed by atoms with Gasteiger partial charge in [0.2, 0.25) is 0 Å². The van der Waals surface area contributed by atoms with Gasteiger partial charge in [0.25, 0.3) is 0 Å². The third kappa shape index (κ3) is 3.14. The molecule has 1 aliphatic rings. The number of nitrogens with two attached hydrogens (primary N) is 1. The van der Waals surface area contributed by atoms with E-state index in [1.165, 1.54) is 42.5 Å². The second kappa shape index (κ2) is 7.07. The number of hydrogen-bond acceptors (Lipinski definition) is 3. The molecule has 1 aliphatic carbocycles. The summed E-state index contributed by atoms with van der Waals surface area (Å²) in [6.07, 6.45) is 7.13. The lowest BCUT2D eigenvalue weighted by Crippen LogP contribution is -2.35. The SMILES string of the molecule is CCCCN(c1nc2c(cc1CN)CCC2)C(C)CC. The fourth-order valence-electron chi connectivity index (χ4n) is 2.99. The Balaban J connectivity index is 2.35. The maximum absolute atomic E-state index is 5.99. The normalized spacial score (nSPS) is 15.2. The Morgan fingerprint density at radius 2 is 2.15 bits per heavy atom. The minimum atomic E-state index is 0.527. The molecular weight excluding hydrogens is 246 g/mol. The lowest BCUT2D eigenvalue weighted by Gasteiger charge is -2.32. The Bertz CT molecular complexity index is 442. The van der Waals surface area contributed by atoms with Gasteiger partial charge in [0, 0.05) is 30.4 Å². The molecule has 3 nitrogen and oxygen atoms in total. The summed E-state index contributed by atoms with van der Waals surface area (Å²) in [6.45, 7) is 8.47. The van der Waals surface area contributed by atoms with Crippen LogP contribution in [0.2, 0.25) is 0 Å². The molecule has 1 aromatic rings. The summed E-state index contributed by atoms with van der Waals surface area (Å²) in [5.41, 5.74) is 9.94. The van der Waals surface area contributed by atoms with Crippen molar-refractivity contribution in [2.24, 2.45) is 5.73 Å². The van der Waals surface area contributed by atoms with Gasteiger partial charge in [-0.3, -0.25) is 0 Å². The predicted octanol–water partition coefficient (Wildman–Crippen LogP) is 3.43. The van der Waals surface area contributed by atoms with E-state index in [4.69, 9.17) is 10.7 Å². The summed E-state index contributed by atoms with van der Waals surface area (Å²) in [6, 6.07) is 2.84. The van der Waals surface area contributed by atoms with Crippen LogP contribution in [0, 0.1) is 0 Å². The van der Waals surface area contributed by atoms with Crippen molar-refractivity contribution in [3.63, 3.8) is 0 Å². The molecule has 3 heteroatoms. The van der Waals surface area contributed by atoms with Gasteiger partial charge in [0.1, 0.15) is 5.82 Å². The number of fused-ring (bicyclic) bond motifs is 1. The van der Waals surface area contributed by atoms with Crippen LogP contribution in [0.25, 0.3) is 0 Å². The molecule has 0 fully saturated rings. The van der Waals surface area contributed by atoms with Crippen molar-refractivity contribution in [3.05, 3.63) is 22.9 Å². The van der Waals surface area contributed by atoms with E-state index >= 15 is 0 Å². The standard InChI is InChI=1S/C17H29N3/c1-4-6-10-20(13(3)5-2)17-15(12-18)11-14-8-7-9-16(14)19-17/h11,13H,4-10,12,18H2,1-3H3. The monoisotopic (exact) mass is 275 g/mol. The number of aromatic nitrogens is 1. The van der Waals surface area contributed by atoms with Gasteiger partial charge < -0.3 is 10.6 Å². The molecule has 0 saturated heterocycles. The van der Waals surface area contributed by atoms with Crippen LogP contribution in [0.15, 0.2) is 6.07 Å². The van der Waals surface area contributed by atoms with Crippen molar-refractivity contribution in [1.29, 1.82) is 0 Å². The zero-order valence-electron chi connectivity index (χ0n) is 13.3. The number of aryl methyl sites for hydroxylation is 2. The van der Waals surface area contributed by atoms with E-state index in [1.54, 1.807) is 0 Å². The lowest BCUT2D eigenvalue weighted by molar-refractivity contribution is 0.586. The summed E-state index contributed by atoms with van der Waals surface area (Å²) in [5, 5.41) is 0. The molecule has 0 amide bonds. The van der Waals surface area contributed by atoms with E-state index in [9.17, 15) is 0 Å². The van der Waals surface area contributed by atoms with Crippen LogP contribution in [0.3, 0.4) is 0 Å². The molecule has 0 spiro atoms. The first kappa shape index (κ1) is 15.3. The molecule has 2 N–H and O–H groups in total. The maximum Gasteiger partial charge on any atom is 0.133 e. The van der Waals surface area contributed by atoms with Gasteiger partial charge in [-0.05, 0) is 50.7 Å². The van der Waals surface area contributed by atoms with Crippen molar-refractivity contribution >= 4 is 5.82 Å². The first-order valence-corrected chi connectivity index (χ1v) is 8.19. The quantitative estimate of drug-likeness (QED) is 0.829. The molecule has 112 valence electrons. The summed E-state index contributed by atoms with van der Waals surface area (Å²) in [5.74, 6) is 1.15. The number of nitrogens with zero attached hydrogens (tertiary/aromatic N) is 2. The maximum atomic E-state index is 5.99. The second-order valence-electron chi connectivity index (χ2n) is 5.94. The highest BCUT2D eigenvalue weighted by molar-refractivity contribution is 5.51. The largest absolute Gasteiger partial charge is 0.354 e. The Morgan fingerprint density at radius 3 is 2.80 bits per heavy atom. The van der Waals surface area contributed by atoms with E-state index in [2.05, 4.69) is 31.7 Å². The summed E-state index contributed by atoms with van der Waals surface area (Å²) in [7, 11) is 0. The van der Waals surface area contributed by atoms with Crippen LogP contribution >= 0.6 is 0 Å². The third-order valence-corrected chi connectivity index (χ3v) is 4.47. The summed E-state index contributed by atoms with van der Waals surface area (Å²) in [4.78, 5) is 7.47. The van der Waals surface area contributed by atoms with Crippen LogP contribution < -0.4 is 10.6 Å². The summed E-state index contributed by atoms with van der Waals surface area (Å²) < 4.78 is 0. The zero-order chi connectivity index (χ0) is 14.5. The number of rotatable bonds is 7. The molecule has 1 aromatic heterocycles. The van der Waals surface area contributed by atoms with E-state index < -0.39 is 0 Å². The Morgan fingerprint density at radius 1 is 1.35 bits per heavy atom. The summed E-state index contributed by atoms with van der Waals surface area (Å²) >= 11 is 0.